The van der Waals surface area contributed by atoms with Gasteiger partial charge >= 0.3 is 0 Å². The van der Waals surface area contributed by atoms with Gasteiger partial charge in [0.05, 0.1) is 0 Å². The predicted molar refractivity (Wildman–Crippen MR) is 23.3 cm³/mol. The molecule has 0 rings (SSSR count). The Morgan fingerprint density at radius 1 is 1.00 bits per heavy atom. The topological polar surface area (TPSA) is 127 Å². The summed E-state index contributed by atoms with van der Waals surface area (Å²) in [6.07, 6.45) is 0. The average molecular weight is 438 g/mol. The van der Waals surface area contributed by atoms with E-state index in [1.807, 2.05) is 0 Å². The summed E-state index contributed by atoms with van der Waals surface area (Å²) in [4.78, 5) is 16.7. The molecule has 0 amide bonds. The molecule has 0 bridgehead atoms. The van der Waals surface area contributed by atoms with Crippen molar-refractivity contribution in [2.24, 2.45) is 0 Å². The molecule has 0 aliphatic carbocycles. The summed E-state index contributed by atoms with van der Waals surface area (Å²) in [7, 11) is 0. The predicted octanol–water partition coefficient (Wildman–Crippen LogP) is -1.08. The maximum Gasteiger partial charge on any atom is 0.291 e. The van der Waals surface area contributed by atoms with E-state index in [4.69, 9.17) is 30.6 Å². The minimum atomic E-state index is -1.50. The zero-order valence-electron chi connectivity index (χ0n) is 4.30. The summed E-state index contributed by atoms with van der Waals surface area (Å²) < 4.78 is 0. The van der Waals surface area contributed by atoms with Gasteiger partial charge in [-0.1, -0.05) is 0 Å². The van der Waals surface area contributed by atoms with Crippen LogP contribution in [0.3, 0.4) is 0 Å². The molecule has 0 unspecified atom stereocenters. The summed E-state index contributed by atoms with van der Waals surface area (Å²) in [6.45, 7) is 0. The Morgan fingerprint density at radius 2 is 1.00 bits per heavy atom. The minimum Gasteiger partial charge on any atom is -0.328 e. The Balaban J connectivity index is -0.0000000300. The molecular formula is H2AgN2O6Tl. The van der Waals surface area contributed by atoms with E-state index in [1.165, 1.54) is 0 Å². The molecule has 10 heavy (non-hydrogen) atoms. The Kier molecular flexibility index (Phi) is 36.0. The first kappa shape index (κ1) is 22.5. The van der Waals surface area contributed by atoms with Gasteiger partial charge in [0.1, 0.15) is 0 Å². The Labute approximate surface area is 90.1 Å². The second-order valence-corrected chi connectivity index (χ2v) is 0.476. The van der Waals surface area contributed by atoms with E-state index in [-0.39, 0.29) is 49.7 Å². The second-order valence-electron chi connectivity index (χ2n) is 0.476. The van der Waals surface area contributed by atoms with Crippen LogP contribution in [-0.4, -0.2) is 47.9 Å². The number of rotatable bonds is 0. The normalized spacial score (nSPS) is 4.80. The summed E-state index contributed by atoms with van der Waals surface area (Å²) in [5.74, 6) is 0. The van der Waals surface area contributed by atoms with E-state index >= 15 is 0 Å². The molecule has 0 spiro atoms. The summed E-state index contributed by atoms with van der Waals surface area (Å²) in [5.41, 5.74) is 0. The first-order valence-electron chi connectivity index (χ1n) is 1.13. The molecular weight excluding hydrogens is 436 g/mol. The molecule has 0 aromatic heterocycles. The fourth-order valence-corrected chi connectivity index (χ4v) is 0. The van der Waals surface area contributed by atoms with Gasteiger partial charge in [-0.05, 0) is 0 Å². The van der Waals surface area contributed by atoms with Crippen LogP contribution in [0.25, 0.3) is 0 Å². The van der Waals surface area contributed by atoms with Crippen molar-refractivity contribution in [3.63, 3.8) is 0 Å². The van der Waals surface area contributed by atoms with E-state index in [2.05, 4.69) is 0 Å². The standard InChI is InChI=1S/Ag.2HNO3.Tl/c;2*2-1(3)4;/h;2*(H,2,3,4);. The molecule has 0 aromatic rings. The van der Waals surface area contributed by atoms with Gasteiger partial charge in [-0.25, -0.2) is 0 Å². The third-order valence-corrected chi connectivity index (χ3v) is 0. The van der Waals surface area contributed by atoms with E-state index in [1.54, 1.807) is 0 Å². The third kappa shape index (κ3) is 103000. The first-order chi connectivity index (χ1) is 3.46. The van der Waals surface area contributed by atoms with Gasteiger partial charge in [-0.2, -0.15) is 0 Å². The largest absolute Gasteiger partial charge is 0.328 e. The van der Waals surface area contributed by atoms with Crippen LogP contribution in [0.15, 0.2) is 0 Å². The van der Waals surface area contributed by atoms with Crippen LogP contribution in [0.1, 0.15) is 0 Å². The van der Waals surface area contributed by atoms with E-state index in [0.717, 1.165) is 0 Å². The molecule has 62 valence electrons. The van der Waals surface area contributed by atoms with Gasteiger partial charge in [0.25, 0.3) is 10.2 Å². The van der Waals surface area contributed by atoms with Crippen LogP contribution >= 0.6 is 0 Å². The van der Waals surface area contributed by atoms with Crippen LogP contribution in [0, 0.1) is 20.2 Å². The van der Waals surface area contributed by atoms with Gasteiger partial charge in [-0.15, -0.1) is 20.2 Å². The fourth-order valence-electron chi connectivity index (χ4n) is 0. The molecule has 0 aliphatic rings. The molecule has 10 heteroatoms. The van der Waals surface area contributed by atoms with Gasteiger partial charge in [0.15, 0.2) is 0 Å². The van der Waals surface area contributed by atoms with Crippen molar-refractivity contribution in [2.45, 2.75) is 0 Å². The zero-order valence-corrected chi connectivity index (χ0v) is 10.3. The number of nitrogens with zero attached hydrogens (tertiary/aromatic N) is 2. The van der Waals surface area contributed by atoms with Gasteiger partial charge < -0.3 is 10.4 Å². The Morgan fingerprint density at radius 3 is 1.00 bits per heavy atom. The monoisotopic (exact) mass is 438 g/mol. The molecule has 0 heterocycles. The van der Waals surface area contributed by atoms with Crippen LogP contribution in [-0.2, 0) is 22.4 Å². The molecule has 8 nitrogen and oxygen atoms in total. The van der Waals surface area contributed by atoms with E-state index in [9.17, 15) is 0 Å². The molecule has 0 aromatic carbocycles. The SMILES string of the molecule is O=[N+]([O-])O.O=[N+]([O-])O.[Ag].[Tl]. The maximum absolute atomic E-state index is 8.36. The summed E-state index contributed by atoms with van der Waals surface area (Å²) in [6, 6.07) is 0. The third-order valence-electron chi connectivity index (χ3n) is 0. The van der Waals surface area contributed by atoms with Crippen LogP contribution in [0.4, 0.5) is 0 Å². The molecule has 0 saturated heterocycles. The smallest absolute Gasteiger partial charge is 0.291 e. The maximum atomic E-state index is 8.36. The van der Waals surface area contributed by atoms with Crippen LogP contribution in [0.5, 0.6) is 0 Å². The Hall–Kier alpha value is 0.0623. The summed E-state index contributed by atoms with van der Waals surface area (Å²) in [5, 5.41) is 27.3. The first-order valence-corrected chi connectivity index (χ1v) is 1.13. The minimum absolute atomic E-state index is 0. The quantitative estimate of drug-likeness (QED) is 0.282. The van der Waals surface area contributed by atoms with Gasteiger partial charge in [0, 0.05) is 49.7 Å². The van der Waals surface area contributed by atoms with Crippen molar-refractivity contribution in [3.8, 4) is 0 Å². The van der Waals surface area contributed by atoms with Crippen molar-refractivity contribution in [1.82, 2.24) is 0 Å². The molecule has 2 N–H and O–H groups in total. The van der Waals surface area contributed by atoms with Gasteiger partial charge in [-0.3, -0.25) is 0 Å². The van der Waals surface area contributed by atoms with E-state index < -0.39 is 10.2 Å². The van der Waals surface area contributed by atoms with Crippen LogP contribution in [0.2, 0.25) is 0 Å². The second kappa shape index (κ2) is 16.0. The molecule has 0 saturated carbocycles. The van der Waals surface area contributed by atoms with Crippen molar-refractivity contribution in [3.05, 3.63) is 20.2 Å². The molecule has 0 fully saturated rings. The van der Waals surface area contributed by atoms with Crippen molar-refractivity contribution in [2.75, 3.05) is 0 Å². The van der Waals surface area contributed by atoms with Crippen molar-refractivity contribution < 1.29 is 43.0 Å². The fraction of sp³-hybridized carbons (Fsp3) is 0. The van der Waals surface area contributed by atoms with Gasteiger partial charge in [0.2, 0.25) is 0 Å². The molecule has 0 atom stereocenters. The number of hydrogen-bond acceptors (Lipinski definition) is 4. The van der Waals surface area contributed by atoms with Crippen LogP contribution < -0.4 is 0 Å². The van der Waals surface area contributed by atoms with E-state index in [0.29, 0.717) is 0 Å². The molecule has 0 aliphatic heterocycles. The number of hydrogen-bond donors (Lipinski definition) is 2. The Bertz CT molecular complexity index is 73.7. The summed E-state index contributed by atoms with van der Waals surface area (Å²) >= 11 is 0. The van der Waals surface area contributed by atoms with Crippen molar-refractivity contribution >= 4 is 27.3 Å². The zero-order chi connectivity index (χ0) is 7.15. The van der Waals surface area contributed by atoms with Crippen molar-refractivity contribution in [1.29, 1.82) is 0 Å². The molecule has 2 radical (unpaired) electrons. The average Bonchev–Trinajstić information content (AvgIpc) is 1.25.